The number of rotatable bonds is 6. The highest BCUT2D eigenvalue weighted by molar-refractivity contribution is 6.05. The third-order valence-corrected chi connectivity index (χ3v) is 5.34. The van der Waals surface area contributed by atoms with Crippen molar-refractivity contribution in [2.75, 3.05) is 20.6 Å². The van der Waals surface area contributed by atoms with E-state index in [9.17, 15) is 5.11 Å². The molecule has 2 aromatic carbocycles. The molecule has 0 saturated carbocycles. The summed E-state index contributed by atoms with van der Waals surface area (Å²) in [6, 6.07) is 17.6. The van der Waals surface area contributed by atoms with Gasteiger partial charge in [0.05, 0.1) is 6.10 Å². The molecule has 146 valence electrons. The summed E-state index contributed by atoms with van der Waals surface area (Å²) in [5, 5.41) is 12.8. The molecule has 0 bridgehead atoms. The van der Waals surface area contributed by atoms with E-state index in [-0.39, 0.29) is 6.10 Å². The number of para-hydroxylation sites is 1. The first-order valence-electron chi connectivity index (χ1n) is 9.97. The standard InChI is InChI=1S/C24H29N3O/c1-16(2)27-15-22(20-8-5-6-11-24(20)27)19-9-7-10-23-21(19)13-17(25-23)12-18(28)14-26(3)4/h5-11,13,15-16,18,25,28H,12,14H2,1-4H3. The minimum absolute atomic E-state index is 0.380. The van der Waals surface area contributed by atoms with Gasteiger partial charge in [0, 0.05) is 58.3 Å². The zero-order valence-electron chi connectivity index (χ0n) is 17.1. The molecule has 2 heterocycles. The summed E-state index contributed by atoms with van der Waals surface area (Å²) in [5.41, 5.74) is 5.95. The topological polar surface area (TPSA) is 44.2 Å². The molecule has 0 amide bonds. The Morgan fingerprint density at radius 1 is 1.00 bits per heavy atom. The molecule has 28 heavy (non-hydrogen) atoms. The van der Waals surface area contributed by atoms with E-state index in [1.807, 2.05) is 19.0 Å². The molecule has 4 aromatic rings. The number of aliphatic hydroxyl groups is 1. The zero-order valence-corrected chi connectivity index (χ0v) is 17.1. The molecule has 0 fully saturated rings. The zero-order chi connectivity index (χ0) is 19.8. The van der Waals surface area contributed by atoms with Gasteiger partial charge in [0.15, 0.2) is 0 Å². The summed E-state index contributed by atoms with van der Waals surface area (Å²) in [7, 11) is 3.97. The summed E-state index contributed by atoms with van der Waals surface area (Å²) >= 11 is 0. The maximum atomic E-state index is 10.3. The van der Waals surface area contributed by atoms with Crippen LogP contribution >= 0.6 is 0 Å². The molecule has 2 N–H and O–H groups in total. The normalized spacial score (nSPS) is 13.2. The number of hydrogen-bond donors (Lipinski definition) is 2. The second-order valence-corrected chi connectivity index (χ2v) is 8.24. The number of hydrogen-bond acceptors (Lipinski definition) is 2. The van der Waals surface area contributed by atoms with Crippen molar-refractivity contribution in [3.05, 3.63) is 60.4 Å². The van der Waals surface area contributed by atoms with Gasteiger partial charge in [-0.15, -0.1) is 0 Å². The van der Waals surface area contributed by atoms with Gasteiger partial charge >= 0.3 is 0 Å². The van der Waals surface area contributed by atoms with Crippen molar-refractivity contribution in [2.45, 2.75) is 32.4 Å². The van der Waals surface area contributed by atoms with Crippen LogP contribution in [0.15, 0.2) is 54.7 Å². The number of H-pyrrole nitrogens is 1. The molecule has 0 radical (unpaired) electrons. The van der Waals surface area contributed by atoms with Crippen molar-refractivity contribution in [2.24, 2.45) is 0 Å². The SMILES string of the molecule is CC(C)n1cc(-c2cccc3[nH]c(CC(O)CN(C)C)cc23)c2ccccc21. The van der Waals surface area contributed by atoms with E-state index in [2.05, 4.69) is 78.1 Å². The first kappa shape index (κ1) is 18.8. The van der Waals surface area contributed by atoms with Crippen LogP contribution in [0.5, 0.6) is 0 Å². The maximum absolute atomic E-state index is 10.3. The van der Waals surface area contributed by atoms with Crippen LogP contribution < -0.4 is 0 Å². The molecule has 0 spiro atoms. The molecule has 0 saturated heterocycles. The van der Waals surface area contributed by atoms with Crippen LogP contribution in [0.1, 0.15) is 25.6 Å². The van der Waals surface area contributed by atoms with E-state index in [0.29, 0.717) is 19.0 Å². The van der Waals surface area contributed by atoms with Gasteiger partial charge in [0.25, 0.3) is 0 Å². The van der Waals surface area contributed by atoms with E-state index >= 15 is 0 Å². The first-order chi connectivity index (χ1) is 13.4. The van der Waals surface area contributed by atoms with Crippen molar-refractivity contribution < 1.29 is 5.11 Å². The second kappa shape index (κ2) is 7.46. The van der Waals surface area contributed by atoms with Gasteiger partial charge in [0.1, 0.15) is 0 Å². The second-order valence-electron chi connectivity index (χ2n) is 8.24. The van der Waals surface area contributed by atoms with Gasteiger partial charge in [-0.25, -0.2) is 0 Å². The summed E-state index contributed by atoms with van der Waals surface area (Å²) in [6.07, 6.45) is 2.52. The lowest BCUT2D eigenvalue weighted by Crippen LogP contribution is -2.27. The predicted molar refractivity (Wildman–Crippen MR) is 118 cm³/mol. The number of nitrogens with zero attached hydrogens (tertiary/aromatic N) is 2. The van der Waals surface area contributed by atoms with Crippen LogP contribution in [0.2, 0.25) is 0 Å². The van der Waals surface area contributed by atoms with Crippen molar-refractivity contribution in [1.82, 2.24) is 14.5 Å². The fraction of sp³-hybridized carbons (Fsp3) is 0.333. The van der Waals surface area contributed by atoms with Gasteiger partial charge < -0.3 is 19.6 Å². The average Bonchev–Trinajstić information content (AvgIpc) is 3.21. The van der Waals surface area contributed by atoms with E-state index in [0.717, 1.165) is 11.2 Å². The van der Waals surface area contributed by atoms with E-state index in [1.54, 1.807) is 0 Å². The fourth-order valence-electron chi connectivity index (χ4n) is 4.14. The van der Waals surface area contributed by atoms with Crippen LogP contribution in [0, 0.1) is 0 Å². The lowest BCUT2D eigenvalue weighted by Gasteiger charge is -2.14. The molecule has 0 aliphatic rings. The van der Waals surface area contributed by atoms with Crippen molar-refractivity contribution >= 4 is 21.8 Å². The molecular formula is C24H29N3O. The number of aliphatic hydroxyl groups excluding tert-OH is 1. The molecule has 4 rings (SSSR count). The Morgan fingerprint density at radius 2 is 1.79 bits per heavy atom. The molecule has 1 atom stereocenters. The predicted octanol–water partition coefficient (Wildman–Crippen LogP) is 4.84. The molecule has 0 aliphatic carbocycles. The summed E-state index contributed by atoms with van der Waals surface area (Å²) < 4.78 is 2.35. The van der Waals surface area contributed by atoms with Crippen LogP contribution in [0.3, 0.4) is 0 Å². The molecule has 1 unspecified atom stereocenters. The Morgan fingerprint density at radius 3 is 2.54 bits per heavy atom. The lowest BCUT2D eigenvalue weighted by atomic mass is 10.0. The number of nitrogens with one attached hydrogen (secondary N) is 1. The van der Waals surface area contributed by atoms with E-state index in [1.165, 1.54) is 27.4 Å². The molecule has 2 aromatic heterocycles. The third kappa shape index (κ3) is 3.46. The van der Waals surface area contributed by atoms with Crippen LogP contribution in [0.25, 0.3) is 32.9 Å². The quantitative estimate of drug-likeness (QED) is 0.507. The van der Waals surface area contributed by atoms with Gasteiger partial charge in [-0.3, -0.25) is 0 Å². The summed E-state index contributed by atoms with van der Waals surface area (Å²) in [6.45, 7) is 5.10. The monoisotopic (exact) mass is 375 g/mol. The minimum atomic E-state index is -0.380. The average molecular weight is 376 g/mol. The van der Waals surface area contributed by atoms with Gasteiger partial charge in [-0.2, -0.15) is 0 Å². The number of likely N-dealkylation sites (N-methyl/N-ethyl adjacent to an activating group) is 1. The molecule has 0 aliphatic heterocycles. The van der Waals surface area contributed by atoms with Crippen LogP contribution in [-0.4, -0.2) is 46.3 Å². The molecular weight excluding hydrogens is 346 g/mol. The minimum Gasteiger partial charge on any atom is -0.391 e. The van der Waals surface area contributed by atoms with Crippen molar-refractivity contribution in [3.63, 3.8) is 0 Å². The highest BCUT2D eigenvalue weighted by Crippen LogP contribution is 2.36. The third-order valence-electron chi connectivity index (χ3n) is 5.34. The summed E-state index contributed by atoms with van der Waals surface area (Å²) in [5.74, 6) is 0. The Bertz CT molecular complexity index is 1100. The smallest absolute Gasteiger partial charge is 0.0721 e. The van der Waals surface area contributed by atoms with Gasteiger partial charge in [0.2, 0.25) is 0 Å². The number of aromatic amines is 1. The van der Waals surface area contributed by atoms with Crippen molar-refractivity contribution in [1.29, 1.82) is 0 Å². The number of benzene rings is 2. The Balaban J connectivity index is 1.81. The van der Waals surface area contributed by atoms with Crippen LogP contribution in [-0.2, 0) is 6.42 Å². The largest absolute Gasteiger partial charge is 0.391 e. The maximum Gasteiger partial charge on any atom is 0.0721 e. The fourth-order valence-corrected chi connectivity index (χ4v) is 4.14. The highest BCUT2D eigenvalue weighted by atomic mass is 16.3. The Labute approximate surface area is 166 Å². The lowest BCUT2D eigenvalue weighted by molar-refractivity contribution is 0.136. The highest BCUT2D eigenvalue weighted by Gasteiger charge is 2.16. The van der Waals surface area contributed by atoms with E-state index < -0.39 is 0 Å². The van der Waals surface area contributed by atoms with Gasteiger partial charge in [-0.1, -0.05) is 30.3 Å². The first-order valence-corrected chi connectivity index (χ1v) is 9.97. The Hall–Kier alpha value is -2.56. The molecule has 4 heteroatoms. The summed E-state index contributed by atoms with van der Waals surface area (Å²) in [4.78, 5) is 5.52. The van der Waals surface area contributed by atoms with Crippen molar-refractivity contribution in [3.8, 4) is 11.1 Å². The van der Waals surface area contributed by atoms with E-state index in [4.69, 9.17) is 0 Å². The number of fused-ring (bicyclic) bond motifs is 2. The van der Waals surface area contributed by atoms with Gasteiger partial charge in [-0.05, 0) is 51.7 Å². The Kier molecular flexibility index (Phi) is 5.00. The van der Waals surface area contributed by atoms with Crippen LogP contribution in [0.4, 0.5) is 0 Å². The number of aromatic nitrogens is 2. The molecule has 4 nitrogen and oxygen atoms in total.